The summed E-state index contributed by atoms with van der Waals surface area (Å²) in [6, 6.07) is 10.4. The maximum Gasteiger partial charge on any atom is 0.334 e. The van der Waals surface area contributed by atoms with Crippen LogP contribution in [0.2, 0.25) is 0 Å². The Balaban J connectivity index is 2.13. The van der Waals surface area contributed by atoms with Crippen LogP contribution in [0.15, 0.2) is 46.0 Å². The van der Waals surface area contributed by atoms with Crippen molar-refractivity contribution in [1.29, 1.82) is 0 Å². The lowest BCUT2D eigenvalue weighted by molar-refractivity contribution is -0.139. The molecule has 8 nitrogen and oxygen atoms in total. The number of hydrazone groups is 1. The Hall–Kier alpha value is -3.07. The van der Waals surface area contributed by atoms with Crippen molar-refractivity contribution in [2.24, 2.45) is 5.10 Å². The van der Waals surface area contributed by atoms with Gasteiger partial charge < -0.3 is 19.5 Å². The van der Waals surface area contributed by atoms with E-state index in [4.69, 9.17) is 14.2 Å². The van der Waals surface area contributed by atoms with Crippen molar-refractivity contribution >= 4 is 33.6 Å². The Kier molecular flexibility index (Phi) is 6.15. The minimum absolute atomic E-state index is 0.0119. The van der Waals surface area contributed by atoms with Gasteiger partial charge in [-0.15, -0.1) is 0 Å². The number of amides is 2. The fourth-order valence-corrected chi connectivity index (χ4v) is 2.89. The van der Waals surface area contributed by atoms with Crippen LogP contribution < -0.4 is 20.2 Å². The Morgan fingerprint density at radius 2 is 1.86 bits per heavy atom. The summed E-state index contributed by atoms with van der Waals surface area (Å²) in [5.41, 5.74) is 4.91. The molecule has 0 spiro atoms. The highest BCUT2D eigenvalue weighted by molar-refractivity contribution is 9.10. The fraction of sp³-hybridized carbons (Fsp3) is 0.211. The summed E-state index contributed by atoms with van der Waals surface area (Å²) >= 11 is 3.40. The number of benzene rings is 2. The predicted octanol–water partition coefficient (Wildman–Crippen LogP) is 2.57. The molecule has 0 bridgehead atoms. The Morgan fingerprint density at radius 3 is 2.50 bits per heavy atom. The molecule has 0 saturated heterocycles. The summed E-state index contributed by atoms with van der Waals surface area (Å²) in [4.78, 5) is 23.6. The molecular formula is C19H18BrN3O5. The smallest absolute Gasteiger partial charge is 0.334 e. The molecule has 3 rings (SSSR count). The third-order valence-electron chi connectivity index (χ3n) is 4.03. The molecular weight excluding hydrogens is 430 g/mol. The quantitative estimate of drug-likeness (QED) is 0.416. The SMILES string of the molecule is CNC(=O)N/N=C(/c1ccc(Br)cc1)c1cc2c(cc1CC(=O)OC)OCO2. The van der Waals surface area contributed by atoms with Gasteiger partial charge in [0.2, 0.25) is 6.79 Å². The zero-order valence-corrected chi connectivity index (χ0v) is 16.8. The van der Waals surface area contributed by atoms with Crippen molar-refractivity contribution in [2.45, 2.75) is 6.42 Å². The molecule has 0 fully saturated rings. The molecule has 28 heavy (non-hydrogen) atoms. The van der Waals surface area contributed by atoms with Gasteiger partial charge in [0.25, 0.3) is 0 Å². The van der Waals surface area contributed by atoms with Gasteiger partial charge in [0.15, 0.2) is 11.5 Å². The lowest BCUT2D eigenvalue weighted by atomic mass is 9.95. The molecule has 2 amide bonds. The highest BCUT2D eigenvalue weighted by atomic mass is 79.9. The summed E-state index contributed by atoms with van der Waals surface area (Å²) in [6.45, 7) is 0.0949. The molecule has 0 aromatic heterocycles. The average molecular weight is 448 g/mol. The topological polar surface area (TPSA) is 98.3 Å². The number of halogens is 1. The lowest BCUT2D eigenvalue weighted by Crippen LogP contribution is -2.30. The number of fused-ring (bicyclic) bond motifs is 1. The predicted molar refractivity (Wildman–Crippen MR) is 106 cm³/mol. The van der Waals surface area contributed by atoms with E-state index in [0.29, 0.717) is 28.3 Å². The van der Waals surface area contributed by atoms with E-state index >= 15 is 0 Å². The molecule has 2 aromatic carbocycles. The first-order valence-corrected chi connectivity index (χ1v) is 9.12. The van der Waals surface area contributed by atoms with Crippen molar-refractivity contribution in [1.82, 2.24) is 10.7 Å². The van der Waals surface area contributed by atoms with E-state index in [-0.39, 0.29) is 13.2 Å². The number of nitrogens with one attached hydrogen (secondary N) is 2. The van der Waals surface area contributed by atoms with Gasteiger partial charge in [-0.25, -0.2) is 10.2 Å². The third kappa shape index (κ3) is 4.42. The van der Waals surface area contributed by atoms with Crippen LogP contribution in [-0.4, -0.2) is 38.7 Å². The van der Waals surface area contributed by atoms with E-state index in [1.165, 1.54) is 14.2 Å². The second-order valence-corrected chi connectivity index (χ2v) is 6.69. The van der Waals surface area contributed by atoms with Gasteiger partial charge in [0, 0.05) is 22.6 Å². The van der Waals surface area contributed by atoms with Gasteiger partial charge in [-0.3, -0.25) is 4.79 Å². The summed E-state index contributed by atoms with van der Waals surface area (Å²) in [7, 11) is 2.82. The van der Waals surface area contributed by atoms with Crippen LogP contribution in [0.3, 0.4) is 0 Å². The molecule has 9 heteroatoms. The largest absolute Gasteiger partial charge is 0.469 e. The highest BCUT2D eigenvalue weighted by Gasteiger charge is 2.22. The van der Waals surface area contributed by atoms with Crippen molar-refractivity contribution in [3.8, 4) is 11.5 Å². The molecule has 2 N–H and O–H groups in total. The van der Waals surface area contributed by atoms with Gasteiger partial charge in [-0.2, -0.15) is 5.10 Å². The summed E-state index contributed by atoms with van der Waals surface area (Å²) < 4.78 is 16.6. The number of hydrogen-bond acceptors (Lipinski definition) is 6. The maximum atomic E-state index is 11.9. The molecule has 0 radical (unpaired) electrons. The Morgan fingerprint density at radius 1 is 1.18 bits per heavy atom. The molecule has 0 aliphatic carbocycles. The van der Waals surface area contributed by atoms with Crippen molar-refractivity contribution < 1.29 is 23.8 Å². The van der Waals surface area contributed by atoms with E-state index in [1.807, 2.05) is 24.3 Å². The highest BCUT2D eigenvalue weighted by Crippen LogP contribution is 2.36. The second kappa shape index (κ2) is 8.75. The van der Waals surface area contributed by atoms with Crippen LogP contribution in [0, 0.1) is 0 Å². The van der Waals surface area contributed by atoms with Crippen LogP contribution >= 0.6 is 15.9 Å². The fourth-order valence-electron chi connectivity index (χ4n) is 2.63. The number of methoxy groups -OCH3 is 1. The molecule has 0 saturated carbocycles. The zero-order chi connectivity index (χ0) is 20.1. The molecule has 2 aromatic rings. The molecule has 146 valence electrons. The molecule has 0 unspecified atom stereocenters. The first kappa shape index (κ1) is 19.7. The minimum Gasteiger partial charge on any atom is -0.469 e. The second-order valence-electron chi connectivity index (χ2n) is 5.77. The Labute approximate surface area is 170 Å². The van der Waals surface area contributed by atoms with E-state index in [9.17, 15) is 9.59 Å². The number of rotatable bonds is 5. The number of carbonyl (C=O) groups excluding carboxylic acids is 2. The maximum absolute atomic E-state index is 11.9. The monoisotopic (exact) mass is 447 g/mol. The minimum atomic E-state index is -0.468. The van der Waals surface area contributed by atoms with Gasteiger partial charge in [-0.05, 0) is 29.8 Å². The van der Waals surface area contributed by atoms with Crippen LogP contribution in [0.4, 0.5) is 4.79 Å². The van der Waals surface area contributed by atoms with E-state index in [0.717, 1.165) is 10.0 Å². The number of ether oxygens (including phenoxy) is 3. The number of carbonyl (C=O) groups is 2. The number of nitrogens with zero attached hydrogens (tertiary/aromatic N) is 1. The van der Waals surface area contributed by atoms with Crippen molar-refractivity contribution in [3.63, 3.8) is 0 Å². The summed E-state index contributed by atoms with van der Waals surface area (Å²) in [5.74, 6) is 0.667. The van der Waals surface area contributed by atoms with Crippen LogP contribution in [0.1, 0.15) is 16.7 Å². The summed E-state index contributed by atoms with van der Waals surface area (Å²) in [6.07, 6.45) is 0.0119. The van der Waals surface area contributed by atoms with E-state index < -0.39 is 12.0 Å². The third-order valence-corrected chi connectivity index (χ3v) is 4.56. The Bertz CT molecular complexity index is 928. The van der Waals surface area contributed by atoms with Gasteiger partial charge in [-0.1, -0.05) is 28.1 Å². The van der Waals surface area contributed by atoms with Crippen molar-refractivity contribution in [3.05, 3.63) is 57.6 Å². The van der Waals surface area contributed by atoms with Crippen LogP contribution in [0.5, 0.6) is 11.5 Å². The first-order valence-electron chi connectivity index (χ1n) is 8.33. The zero-order valence-electron chi connectivity index (χ0n) is 15.2. The van der Waals surface area contributed by atoms with Crippen molar-refractivity contribution in [2.75, 3.05) is 21.0 Å². The van der Waals surface area contributed by atoms with Gasteiger partial charge >= 0.3 is 12.0 Å². The van der Waals surface area contributed by atoms with Crippen LogP contribution in [-0.2, 0) is 16.0 Å². The van der Waals surface area contributed by atoms with Gasteiger partial charge in [0.05, 0.1) is 19.2 Å². The summed E-state index contributed by atoms with van der Waals surface area (Å²) in [5, 5.41) is 6.72. The van der Waals surface area contributed by atoms with E-state index in [2.05, 4.69) is 31.8 Å². The number of esters is 1. The molecule has 0 atom stereocenters. The molecule has 1 aliphatic heterocycles. The molecule has 1 heterocycles. The normalized spacial score (nSPS) is 12.5. The van der Waals surface area contributed by atoms with Gasteiger partial charge in [0.1, 0.15) is 0 Å². The number of urea groups is 1. The average Bonchev–Trinajstić information content (AvgIpc) is 3.16. The standard InChI is InChI=1S/C19H18BrN3O5/c1-21-19(25)23-22-18(11-3-5-13(20)6-4-11)14-9-16-15(27-10-28-16)7-12(14)8-17(24)26-2/h3-7,9H,8,10H2,1-2H3,(H2,21,23,25)/b22-18-. The lowest BCUT2D eigenvalue weighted by Gasteiger charge is -2.14. The van der Waals surface area contributed by atoms with E-state index in [1.54, 1.807) is 12.1 Å². The van der Waals surface area contributed by atoms with Crippen LogP contribution in [0.25, 0.3) is 0 Å². The first-order chi connectivity index (χ1) is 13.5. The number of hydrogen-bond donors (Lipinski definition) is 2. The molecule has 1 aliphatic rings.